The SMILES string of the molecule is O=C=NC1(c2ccccc2OC2CC2)CC1. The fourth-order valence-electron chi connectivity index (χ4n) is 1.97. The smallest absolute Gasteiger partial charge is 0.235 e. The standard InChI is InChI=1S/C13H13NO2/c15-9-14-13(7-8-13)11-3-1-2-4-12(11)16-10-5-6-10/h1-4,10H,5-8H2. The fraction of sp³-hybridized carbons (Fsp3) is 0.462. The van der Waals surface area contributed by atoms with Gasteiger partial charge in [0.25, 0.3) is 0 Å². The normalized spacial score (nSPS) is 21.0. The average Bonchev–Trinajstić information content (AvgIpc) is 3.16. The van der Waals surface area contributed by atoms with E-state index in [1.54, 1.807) is 6.08 Å². The molecule has 0 amide bonds. The summed E-state index contributed by atoms with van der Waals surface area (Å²) in [5.74, 6) is 0.890. The number of benzene rings is 1. The Kier molecular flexibility index (Phi) is 2.08. The predicted molar refractivity (Wildman–Crippen MR) is 59.1 cm³/mol. The summed E-state index contributed by atoms with van der Waals surface area (Å²) in [6.45, 7) is 0. The molecule has 0 heterocycles. The third-order valence-electron chi connectivity index (χ3n) is 3.19. The molecule has 0 radical (unpaired) electrons. The summed E-state index contributed by atoms with van der Waals surface area (Å²) in [6.07, 6.45) is 6.18. The minimum atomic E-state index is -0.326. The summed E-state index contributed by atoms with van der Waals surface area (Å²) in [5, 5.41) is 0. The third-order valence-corrected chi connectivity index (χ3v) is 3.19. The van der Waals surface area contributed by atoms with Crippen LogP contribution in [0.5, 0.6) is 5.75 Å². The molecule has 3 rings (SSSR count). The van der Waals surface area contributed by atoms with Crippen molar-refractivity contribution in [2.45, 2.75) is 37.3 Å². The van der Waals surface area contributed by atoms with Gasteiger partial charge in [0, 0.05) is 5.56 Å². The molecule has 2 aliphatic rings. The van der Waals surface area contributed by atoms with Gasteiger partial charge in [0.15, 0.2) is 0 Å². The van der Waals surface area contributed by atoms with Gasteiger partial charge in [-0.15, -0.1) is 0 Å². The molecule has 3 nitrogen and oxygen atoms in total. The fourth-order valence-corrected chi connectivity index (χ4v) is 1.97. The summed E-state index contributed by atoms with van der Waals surface area (Å²) in [5.41, 5.74) is 0.720. The van der Waals surface area contributed by atoms with E-state index in [4.69, 9.17) is 4.74 Å². The van der Waals surface area contributed by atoms with E-state index in [1.807, 2.05) is 24.3 Å². The van der Waals surface area contributed by atoms with Gasteiger partial charge in [-0.05, 0) is 31.7 Å². The predicted octanol–water partition coefficient (Wildman–Crippen LogP) is 2.55. The van der Waals surface area contributed by atoms with Gasteiger partial charge in [0.05, 0.1) is 6.10 Å². The van der Waals surface area contributed by atoms with Crippen molar-refractivity contribution < 1.29 is 9.53 Å². The molecule has 0 aliphatic heterocycles. The van der Waals surface area contributed by atoms with E-state index in [-0.39, 0.29) is 5.54 Å². The van der Waals surface area contributed by atoms with Crippen molar-refractivity contribution in [2.24, 2.45) is 4.99 Å². The lowest BCUT2D eigenvalue weighted by atomic mass is 10.0. The number of nitrogens with zero attached hydrogens (tertiary/aromatic N) is 1. The molecule has 0 saturated heterocycles. The van der Waals surface area contributed by atoms with Gasteiger partial charge < -0.3 is 4.74 Å². The Hall–Kier alpha value is -1.60. The quantitative estimate of drug-likeness (QED) is 0.572. The molecule has 16 heavy (non-hydrogen) atoms. The van der Waals surface area contributed by atoms with Crippen LogP contribution in [0.1, 0.15) is 31.2 Å². The first-order chi connectivity index (χ1) is 7.84. The van der Waals surface area contributed by atoms with E-state index < -0.39 is 0 Å². The minimum Gasteiger partial charge on any atom is -0.490 e. The van der Waals surface area contributed by atoms with Gasteiger partial charge in [-0.25, -0.2) is 4.79 Å². The molecule has 0 spiro atoms. The van der Waals surface area contributed by atoms with Crippen LogP contribution >= 0.6 is 0 Å². The number of para-hydroxylation sites is 1. The second-order valence-electron chi connectivity index (χ2n) is 4.55. The number of carbonyl (C=O) groups excluding carboxylic acids is 1. The highest BCUT2D eigenvalue weighted by atomic mass is 16.5. The zero-order valence-corrected chi connectivity index (χ0v) is 8.98. The summed E-state index contributed by atoms with van der Waals surface area (Å²) < 4.78 is 5.84. The zero-order valence-electron chi connectivity index (χ0n) is 8.98. The van der Waals surface area contributed by atoms with Gasteiger partial charge in [-0.1, -0.05) is 18.2 Å². The van der Waals surface area contributed by atoms with Crippen LogP contribution in [0.15, 0.2) is 29.3 Å². The van der Waals surface area contributed by atoms with Crippen molar-refractivity contribution in [3.8, 4) is 5.75 Å². The first kappa shape index (κ1) is 9.61. The topological polar surface area (TPSA) is 38.7 Å². The molecular formula is C13H13NO2. The highest BCUT2D eigenvalue weighted by Crippen LogP contribution is 2.52. The lowest BCUT2D eigenvalue weighted by molar-refractivity contribution is 0.297. The molecule has 2 aliphatic carbocycles. The van der Waals surface area contributed by atoms with Gasteiger partial charge in [-0.2, -0.15) is 4.99 Å². The Balaban J connectivity index is 1.95. The lowest BCUT2D eigenvalue weighted by Crippen LogP contribution is -2.07. The second kappa shape index (κ2) is 3.46. The van der Waals surface area contributed by atoms with E-state index in [2.05, 4.69) is 4.99 Å². The van der Waals surface area contributed by atoms with E-state index in [0.717, 1.165) is 37.0 Å². The Labute approximate surface area is 94.1 Å². The number of isocyanates is 1. The monoisotopic (exact) mass is 215 g/mol. The summed E-state index contributed by atoms with van der Waals surface area (Å²) in [7, 11) is 0. The Bertz CT molecular complexity index is 455. The van der Waals surface area contributed by atoms with E-state index in [1.165, 1.54) is 0 Å². The van der Waals surface area contributed by atoms with Crippen LogP contribution in [-0.4, -0.2) is 12.2 Å². The lowest BCUT2D eigenvalue weighted by Gasteiger charge is -2.14. The van der Waals surface area contributed by atoms with Crippen molar-refractivity contribution in [3.05, 3.63) is 29.8 Å². The van der Waals surface area contributed by atoms with Crippen molar-refractivity contribution in [3.63, 3.8) is 0 Å². The Morgan fingerprint density at radius 3 is 2.69 bits per heavy atom. The Morgan fingerprint density at radius 1 is 1.31 bits per heavy atom. The van der Waals surface area contributed by atoms with Crippen LogP contribution in [0.2, 0.25) is 0 Å². The number of hydrogen-bond donors (Lipinski definition) is 0. The van der Waals surface area contributed by atoms with Crippen LogP contribution in [0, 0.1) is 0 Å². The first-order valence-electron chi connectivity index (χ1n) is 5.69. The molecule has 0 aromatic heterocycles. The summed E-state index contributed by atoms with van der Waals surface area (Å²) >= 11 is 0. The number of aliphatic imine (C=N–C) groups is 1. The minimum absolute atomic E-state index is 0.326. The molecular weight excluding hydrogens is 202 g/mol. The average molecular weight is 215 g/mol. The van der Waals surface area contributed by atoms with E-state index in [0.29, 0.717) is 6.10 Å². The van der Waals surface area contributed by atoms with Crippen LogP contribution in [0.25, 0.3) is 0 Å². The van der Waals surface area contributed by atoms with E-state index >= 15 is 0 Å². The maximum atomic E-state index is 10.4. The highest BCUT2D eigenvalue weighted by Gasteiger charge is 2.47. The molecule has 2 saturated carbocycles. The number of ether oxygens (including phenoxy) is 1. The maximum absolute atomic E-state index is 10.4. The molecule has 3 heteroatoms. The highest BCUT2D eigenvalue weighted by molar-refractivity contribution is 5.47. The number of hydrogen-bond acceptors (Lipinski definition) is 3. The molecule has 0 unspecified atom stereocenters. The molecule has 82 valence electrons. The molecule has 0 bridgehead atoms. The van der Waals surface area contributed by atoms with E-state index in [9.17, 15) is 4.79 Å². The summed E-state index contributed by atoms with van der Waals surface area (Å²) in [6, 6.07) is 7.90. The van der Waals surface area contributed by atoms with Gasteiger partial charge >= 0.3 is 0 Å². The van der Waals surface area contributed by atoms with Crippen LogP contribution in [-0.2, 0) is 10.3 Å². The zero-order chi connectivity index (χ0) is 11.0. The van der Waals surface area contributed by atoms with Crippen molar-refractivity contribution in [1.82, 2.24) is 0 Å². The maximum Gasteiger partial charge on any atom is 0.235 e. The molecule has 1 aromatic rings. The van der Waals surface area contributed by atoms with Gasteiger partial charge in [-0.3, -0.25) is 0 Å². The van der Waals surface area contributed by atoms with Gasteiger partial charge in [0.1, 0.15) is 11.3 Å². The largest absolute Gasteiger partial charge is 0.490 e. The second-order valence-corrected chi connectivity index (χ2v) is 4.55. The van der Waals surface area contributed by atoms with Crippen molar-refractivity contribution >= 4 is 6.08 Å². The van der Waals surface area contributed by atoms with Gasteiger partial charge in [0.2, 0.25) is 6.08 Å². The van der Waals surface area contributed by atoms with Crippen molar-refractivity contribution in [2.75, 3.05) is 0 Å². The molecule has 2 fully saturated rings. The first-order valence-corrected chi connectivity index (χ1v) is 5.69. The Morgan fingerprint density at radius 2 is 2.06 bits per heavy atom. The van der Waals surface area contributed by atoms with Crippen molar-refractivity contribution in [1.29, 1.82) is 0 Å². The number of rotatable bonds is 4. The third kappa shape index (κ3) is 1.63. The van der Waals surface area contributed by atoms with Crippen LogP contribution in [0.3, 0.4) is 0 Å². The van der Waals surface area contributed by atoms with Crippen LogP contribution in [0.4, 0.5) is 0 Å². The molecule has 0 atom stereocenters. The molecule has 0 N–H and O–H groups in total. The molecule has 1 aromatic carbocycles. The summed E-state index contributed by atoms with van der Waals surface area (Å²) in [4.78, 5) is 14.4. The van der Waals surface area contributed by atoms with Crippen LogP contribution < -0.4 is 4.74 Å².